The predicted octanol–water partition coefficient (Wildman–Crippen LogP) is 1.89. The van der Waals surface area contributed by atoms with Crippen LogP contribution in [0.1, 0.15) is 40.9 Å². The molecule has 2 aromatic heterocycles. The lowest BCUT2D eigenvalue weighted by atomic mass is 9.95. The number of nitrogens with one attached hydrogen (secondary N) is 1. The lowest BCUT2D eigenvalue weighted by Crippen LogP contribution is -2.41. The second kappa shape index (κ2) is 7.08. The van der Waals surface area contributed by atoms with Crippen molar-refractivity contribution in [3.8, 4) is 0 Å². The van der Waals surface area contributed by atoms with Gasteiger partial charge in [-0.05, 0) is 26.2 Å². The average molecular weight is 349 g/mol. The number of aryl methyl sites for hydroxylation is 2. The zero-order valence-corrected chi connectivity index (χ0v) is 14.4. The largest absolute Gasteiger partial charge is 0.361 e. The molecular weight excluding hydrogens is 330 g/mol. The average Bonchev–Trinajstić information content (AvgIpc) is 3.23. The number of aromatic nitrogens is 3. The van der Waals surface area contributed by atoms with Gasteiger partial charge in [0.2, 0.25) is 11.0 Å². The molecule has 3 heterocycles. The van der Waals surface area contributed by atoms with E-state index in [0.717, 1.165) is 11.4 Å². The van der Waals surface area contributed by atoms with Crippen LogP contribution in [0.15, 0.2) is 10.7 Å². The molecule has 9 heteroatoms. The summed E-state index contributed by atoms with van der Waals surface area (Å²) in [5.41, 5.74) is 0.485. The molecule has 1 saturated heterocycles. The first kappa shape index (κ1) is 16.6. The van der Waals surface area contributed by atoms with Gasteiger partial charge in [0.1, 0.15) is 16.3 Å². The number of carbonyl (C=O) groups excluding carboxylic acids is 2. The molecule has 0 saturated carbocycles. The molecular formula is C15H19N5O3S. The van der Waals surface area contributed by atoms with Gasteiger partial charge in [0, 0.05) is 19.0 Å². The normalized spacial score (nSPS) is 15.5. The number of nitrogens with zero attached hydrogens (tertiary/aromatic N) is 4. The van der Waals surface area contributed by atoms with Crippen LogP contribution in [0, 0.1) is 12.8 Å². The second-order valence-electron chi connectivity index (χ2n) is 5.71. The first-order chi connectivity index (χ1) is 11.6. The summed E-state index contributed by atoms with van der Waals surface area (Å²) in [6, 6.07) is 0. The molecule has 0 spiro atoms. The van der Waals surface area contributed by atoms with Gasteiger partial charge in [-0.3, -0.25) is 9.59 Å². The third-order valence-electron chi connectivity index (χ3n) is 4.13. The number of carbonyl (C=O) groups is 2. The summed E-state index contributed by atoms with van der Waals surface area (Å²) < 4.78 is 4.94. The Balaban J connectivity index is 1.53. The Morgan fingerprint density at radius 2 is 2.12 bits per heavy atom. The summed E-state index contributed by atoms with van der Waals surface area (Å²) in [5, 5.41) is 15.9. The number of likely N-dealkylation sites (tertiary alicyclic amines) is 1. The number of amides is 2. The molecule has 1 aliphatic rings. The Morgan fingerprint density at radius 1 is 1.38 bits per heavy atom. The summed E-state index contributed by atoms with van der Waals surface area (Å²) in [6.45, 7) is 4.79. The van der Waals surface area contributed by atoms with Crippen LogP contribution in [-0.4, -0.2) is 45.2 Å². The van der Waals surface area contributed by atoms with Gasteiger partial charge in [0.15, 0.2) is 0 Å². The molecule has 0 aliphatic carbocycles. The van der Waals surface area contributed by atoms with E-state index in [1.807, 2.05) is 6.92 Å². The van der Waals surface area contributed by atoms with E-state index in [2.05, 4.69) is 20.7 Å². The van der Waals surface area contributed by atoms with Crippen molar-refractivity contribution < 1.29 is 14.1 Å². The molecule has 1 N–H and O–H groups in total. The molecule has 0 bridgehead atoms. The topological polar surface area (TPSA) is 101 Å². The molecule has 0 radical (unpaired) electrons. The molecule has 2 amide bonds. The minimum Gasteiger partial charge on any atom is -0.361 e. The van der Waals surface area contributed by atoms with Gasteiger partial charge in [-0.15, -0.1) is 10.2 Å². The molecule has 128 valence electrons. The number of anilines is 1. The van der Waals surface area contributed by atoms with Crippen molar-refractivity contribution in [1.29, 1.82) is 0 Å². The maximum Gasteiger partial charge on any atom is 0.259 e. The van der Waals surface area contributed by atoms with E-state index < -0.39 is 0 Å². The van der Waals surface area contributed by atoms with E-state index in [4.69, 9.17) is 4.52 Å². The first-order valence-corrected chi connectivity index (χ1v) is 8.74. The highest BCUT2D eigenvalue weighted by molar-refractivity contribution is 7.15. The quantitative estimate of drug-likeness (QED) is 0.904. The Labute approximate surface area is 143 Å². The number of rotatable bonds is 4. The van der Waals surface area contributed by atoms with Crippen molar-refractivity contribution >= 4 is 28.3 Å². The van der Waals surface area contributed by atoms with Crippen LogP contribution in [0.5, 0.6) is 0 Å². The zero-order chi connectivity index (χ0) is 17.1. The first-order valence-electron chi connectivity index (χ1n) is 7.92. The second-order valence-corrected chi connectivity index (χ2v) is 6.77. The van der Waals surface area contributed by atoms with Crippen LogP contribution < -0.4 is 5.32 Å². The Morgan fingerprint density at radius 3 is 2.71 bits per heavy atom. The van der Waals surface area contributed by atoms with Crippen LogP contribution in [-0.2, 0) is 11.2 Å². The van der Waals surface area contributed by atoms with Gasteiger partial charge < -0.3 is 14.7 Å². The molecule has 24 heavy (non-hydrogen) atoms. The minimum atomic E-state index is -0.119. The van der Waals surface area contributed by atoms with E-state index in [0.29, 0.717) is 42.4 Å². The van der Waals surface area contributed by atoms with Crippen LogP contribution in [0.25, 0.3) is 0 Å². The van der Waals surface area contributed by atoms with Crippen LogP contribution >= 0.6 is 11.3 Å². The standard InChI is InChI=1S/C15H19N5O3S/c1-3-12-18-19-15(24-12)17-13(21)10-4-6-20(7-5-10)14(22)11-8-16-23-9(11)2/h8,10H,3-7H2,1-2H3,(H,17,19,21). The van der Waals surface area contributed by atoms with Crippen molar-refractivity contribution in [2.75, 3.05) is 18.4 Å². The van der Waals surface area contributed by atoms with Gasteiger partial charge >= 0.3 is 0 Å². The molecule has 0 unspecified atom stereocenters. The fourth-order valence-corrected chi connectivity index (χ4v) is 3.36. The third kappa shape index (κ3) is 3.45. The zero-order valence-electron chi connectivity index (χ0n) is 13.6. The minimum absolute atomic E-state index is 0.0536. The summed E-state index contributed by atoms with van der Waals surface area (Å²) in [5.74, 6) is 0.251. The molecule has 3 rings (SSSR count). The van der Waals surface area contributed by atoms with Gasteiger partial charge in [-0.25, -0.2) is 0 Å². The van der Waals surface area contributed by atoms with E-state index in [1.54, 1.807) is 11.8 Å². The van der Waals surface area contributed by atoms with E-state index in [9.17, 15) is 9.59 Å². The monoisotopic (exact) mass is 349 g/mol. The van der Waals surface area contributed by atoms with E-state index in [-0.39, 0.29) is 17.7 Å². The fraction of sp³-hybridized carbons (Fsp3) is 0.533. The summed E-state index contributed by atoms with van der Waals surface area (Å²) in [7, 11) is 0. The molecule has 2 aromatic rings. The van der Waals surface area contributed by atoms with Crippen molar-refractivity contribution in [3.05, 3.63) is 22.5 Å². The lowest BCUT2D eigenvalue weighted by Gasteiger charge is -2.30. The van der Waals surface area contributed by atoms with Crippen molar-refractivity contribution in [2.24, 2.45) is 5.92 Å². The predicted molar refractivity (Wildman–Crippen MR) is 87.8 cm³/mol. The van der Waals surface area contributed by atoms with Gasteiger partial charge in [-0.2, -0.15) is 0 Å². The smallest absolute Gasteiger partial charge is 0.259 e. The lowest BCUT2D eigenvalue weighted by molar-refractivity contribution is -0.121. The molecule has 1 fully saturated rings. The van der Waals surface area contributed by atoms with Gasteiger partial charge in [-0.1, -0.05) is 23.4 Å². The SMILES string of the molecule is CCc1nnc(NC(=O)C2CCN(C(=O)c3cnoc3C)CC2)s1. The maximum absolute atomic E-state index is 12.4. The number of hydrogen-bond donors (Lipinski definition) is 1. The number of piperidine rings is 1. The Kier molecular flexibility index (Phi) is 4.89. The Hall–Kier alpha value is -2.29. The molecule has 8 nitrogen and oxygen atoms in total. The molecule has 0 atom stereocenters. The van der Waals surface area contributed by atoms with Crippen LogP contribution in [0.3, 0.4) is 0 Å². The summed E-state index contributed by atoms with van der Waals surface area (Å²) in [4.78, 5) is 26.5. The van der Waals surface area contributed by atoms with Crippen LogP contribution in [0.2, 0.25) is 0 Å². The van der Waals surface area contributed by atoms with Crippen LogP contribution in [0.4, 0.5) is 5.13 Å². The Bertz CT molecular complexity index is 733. The van der Waals surface area contributed by atoms with Crippen molar-refractivity contribution in [2.45, 2.75) is 33.1 Å². The third-order valence-corrected chi connectivity index (χ3v) is 5.12. The van der Waals surface area contributed by atoms with Gasteiger partial charge in [0.05, 0.1) is 6.20 Å². The van der Waals surface area contributed by atoms with Gasteiger partial charge in [0.25, 0.3) is 5.91 Å². The number of hydrogen-bond acceptors (Lipinski definition) is 7. The summed E-state index contributed by atoms with van der Waals surface area (Å²) in [6.07, 6.45) is 3.50. The highest BCUT2D eigenvalue weighted by atomic mass is 32.1. The van der Waals surface area contributed by atoms with E-state index >= 15 is 0 Å². The van der Waals surface area contributed by atoms with Crippen molar-refractivity contribution in [3.63, 3.8) is 0 Å². The highest BCUT2D eigenvalue weighted by Gasteiger charge is 2.29. The highest BCUT2D eigenvalue weighted by Crippen LogP contribution is 2.23. The molecule has 1 aliphatic heterocycles. The molecule has 0 aromatic carbocycles. The van der Waals surface area contributed by atoms with Crippen molar-refractivity contribution in [1.82, 2.24) is 20.3 Å². The fourth-order valence-electron chi connectivity index (χ4n) is 2.67. The van der Waals surface area contributed by atoms with E-state index in [1.165, 1.54) is 17.5 Å². The summed E-state index contributed by atoms with van der Waals surface area (Å²) >= 11 is 1.39. The maximum atomic E-state index is 12.4.